The number of fused-ring (bicyclic) bond motifs is 1. The minimum Gasteiger partial charge on any atom is -0.323 e. The number of hydrogen-bond acceptors (Lipinski definition) is 2. The fraction of sp³-hybridized carbons (Fsp3) is 0.0667. The number of nitrogens with one attached hydrogen (secondary N) is 1. The number of ketones is 1. The Labute approximate surface area is 125 Å². The van der Waals surface area contributed by atoms with E-state index in [9.17, 15) is 9.59 Å². The topological polar surface area (TPSA) is 46.2 Å². The number of rotatable bonds is 1. The lowest BCUT2D eigenvalue weighted by atomic mass is 9.85. The summed E-state index contributed by atoms with van der Waals surface area (Å²) in [7, 11) is 0. The van der Waals surface area contributed by atoms with Crippen molar-refractivity contribution in [2.75, 3.05) is 5.32 Å². The Morgan fingerprint density at radius 2 is 1.70 bits per heavy atom. The van der Waals surface area contributed by atoms with Crippen LogP contribution in [0, 0.1) is 0 Å². The maximum Gasteiger partial charge on any atom is 0.258 e. The molecule has 1 atom stereocenters. The number of halogens is 2. The van der Waals surface area contributed by atoms with Gasteiger partial charge in [-0.15, -0.1) is 0 Å². The van der Waals surface area contributed by atoms with Gasteiger partial charge in [0, 0.05) is 10.6 Å². The van der Waals surface area contributed by atoms with Crippen LogP contribution in [0.1, 0.15) is 15.9 Å². The third-order valence-electron chi connectivity index (χ3n) is 3.27. The van der Waals surface area contributed by atoms with Crippen molar-refractivity contribution in [3.05, 3.63) is 64.7 Å². The highest BCUT2D eigenvalue weighted by Gasteiger charge is 2.49. The fourth-order valence-corrected chi connectivity index (χ4v) is 2.69. The van der Waals surface area contributed by atoms with Crippen molar-refractivity contribution in [1.29, 1.82) is 0 Å². The molecular weight excluding hydrogens is 297 g/mol. The molecule has 3 nitrogen and oxygen atoms in total. The number of carbonyl (C=O) groups is 2. The molecule has 3 rings (SSSR count). The van der Waals surface area contributed by atoms with E-state index in [0.717, 1.165) is 0 Å². The number of benzene rings is 2. The molecule has 0 aromatic heterocycles. The number of hydrogen-bond donors (Lipinski definition) is 1. The molecule has 0 unspecified atom stereocenters. The van der Waals surface area contributed by atoms with Crippen LogP contribution in [0.4, 0.5) is 5.69 Å². The average molecular weight is 306 g/mol. The van der Waals surface area contributed by atoms with Crippen LogP contribution < -0.4 is 5.32 Å². The van der Waals surface area contributed by atoms with Crippen LogP contribution in [-0.4, -0.2) is 11.7 Å². The minimum absolute atomic E-state index is 0.316. The van der Waals surface area contributed by atoms with Gasteiger partial charge in [-0.05, 0) is 23.8 Å². The molecule has 0 spiro atoms. The van der Waals surface area contributed by atoms with E-state index in [0.29, 0.717) is 21.8 Å². The van der Waals surface area contributed by atoms with Crippen molar-refractivity contribution in [1.82, 2.24) is 0 Å². The van der Waals surface area contributed by atoms with Gasteiger partial charge in [0.15, 0.2) is 5.78 Å². The number of carbonyl (C=O) groups excluding carboxylic acids is 2. The van der Waals surface area contributed by atoms with Crippen molar-refractivity contribution in [2.24, 2.45) is 0 Å². The summed E-state index contributed by atoms with van der Waals surface area (Å²) in [5.74, 6) is -1.02. The second-order valence-electron chi connectivity index (χ2n) is 4.50. The van der Waals surface area contributed by atoms with Crippen LogP contribution in [0.3, 0.4) is 0 Å². The smallest absolute Gasteiger partial charge is 0.258 e. The highest BCUT2D eigenvalue weighted by molar-refractivity contribution is 6.51. The molecule has 0 aliphatic carbocycles. The van der Waals surface area contributed by atoms with Crippen molar-refractivity contribution in [3.63, 3.8) is 0 Å². The Kier molecular flexibility index (Phi) is 3.04. The molecule has 20 heavy (non-hydrogen) atoms. The van der Waals surface area contributed by atoms with Crippen LogP contribution in [0.25, 0.3) is 0 Å². The lowest BCUT2D eigenvalue weighted by Crippen LogP contribution is -2.46. The first-order valence-electron chi connectivity index (χ1n) is 5.93. The van der Waals surface area contributed by atoms with Gasteiger partial charge in [0.25, 0.3) is 5.91 Å². The normalized spacial score (nSPS) is 21.3. The molecule has 0 fully saturated rings. The van der Waals surface area contributed by atoms with E-state index in [-0.39, 0.29) is 0 Å². The van der Waals surface area contributed by atoms with Gasteiger partial charge in [-0.1, -0.05) is 53.5 Å². The first-order valence-corrected chi connectivity index (χ1v) is 6.69. The molecule has 0 radical (unpaired) electrons. The quantitative estimate of drug-likeness (QED) is 0.646. The Hall–Kier alpha value is -1.84. The molecule has 1 amide bonds. The van der Waals surface area contributed by atoms with Crippen LogP contribution in [0.2, 0.25) is 5.02 Å². The van der Waals surface area contributed by atoms with E-state index >= 15 is 0 Å². The maximum atomic E-state index is 12.7. The molecule has 0 saturated heterocycles. The zero-order valence-electron chi connectivity index (χ0n) is 10.2. The Morgan fingerprint density at radius 1 is 1.00 bits per heavy atom. The maximum absolute atomic E-state index is 12.7. The molecular formula is C15H9Cl2NO2. The zero-order valence-corrected chi connectivity index (χ0v) is 11.7. The van der Waals surface area contributed by atoms with Crippen LogP contribution in [0.5, 0.6) is 0 Å². The second kappa shape index (κ2) is 4.62. The van der Waals surface area contributed by atoms with Gasteiger partial charge < -0.3 is 5.32 Å². The van der Waals surface area contributed by atoms with Crippen molar-refractivity contribution in [2.45, 2.75) is 4.87 Å². The third-order valence-corrected chi connectivity index (χ3v) is 4.07. The number of anilines is 1. The Balaban J connectivity index is 2.20. The standard InChI is InChI=1S/C15H9Cl2NO2/c16-10-6-7-12-11(8-10)13(19)15(17,14(20)18-12)9-4-2-1-3-5-9/h1-8H,(H,18,20)/t15-/m1/s1. The summed E-state index contributed by atoms with van der Waals surface area (Å²) in [4.78, 5) is 23.2. The molecule has 1 N–H and O–H groups in total. The van der Waals surface area contributed by atoms with E-state index in [1.165, 1.54) is 6.07 Å². The first-order chi connectivity index (χ1) is 9.53. The van der Waals surface area contributed by atoms with Crippen molar-refractivity contribution < 1.29 is 9.59 Å². The van der Waals surface area contributed by atoms with Gasteiger partial charge in [-0.2, -0.15) is 0 Å². The minimum atomic E-state index is -1.75. The molecule has 1 aliphatic heterocycles. The fourth-order valence-electron chi connectivity index (χ4n) is 2.24. The molecule has 0 bridgehead atoms. The van der Waals surface area contributed by atoms with Crippen molar-refractivity contribution >= 4 is 40.6 Å². The molecule has 0 saturated carbocycles. The lowest BCUT2D eigenvalue weighted by molar-refractivity contribution is -0.117. The summed E-state index contributed by atoms with van der Waals surface area (Å²) in [5.41, 5.74) is 1.18. The largest absolute Gasteiger partial charge is 0.323 e. The monoisotopic (exact) mass is 305 g/mol. The van der Waals surface area contributed by atoms with Crippen LogP contribution in [-0.2, 0) is 9.67 Å². The lowest BCUT2D eigenvalue weighted by Gasteiger charge is -2.30. The highest BCUT2D eigenvalue weighted by atomic mass is 35.5. The van der Waals surface area contributed by atoms with Gasteiger partial charge in [0.05, 0.1) is 5.69 Å². The SMILES string of the molecule is O=C1Nc2ccc(Cl)cc2C(=O)[C@]1(Cl)c1ccccc1. The van der Waals surface area contributed by atoms with Gasteiger partial charge in [-0.3, -0.25) is 9.59 Å². The zero-order chi connectivity index (χ0) is 14.3. The van der Waals surface area contributed by atoms with Crippen LogP contribution in [0.15, 0.2) is 48.5 Å². The van der Waals surface area contributed by atoms with E-state index in [2.05, 4.69) is 5.32 Å². The molecule has 2 aromatic rings. The number of Topliss-reactive ketones (excluding diaryl/α,β-unsaturated/α-hetero) is 1. The molecule has 100 valence electrons. The first kappa shape index (κ1) is 13.2. The summed E-state index contributed by atoms with van der Waals surface area (Å²) in [6.07, 6.45) is 0. The summed E-state index contributed by atoms with van der Waals surface area (Å²) >= 11 is 12.3. The van der Waals surface area contributed by atoms with E-state index in [4.69, 9.17) is 23.2 Å². The van der Waals surface area contributed by atoms with E-state index in [1.54, 1.807) is 42.5 Å². The van der Waals surface area contributed by atoms with E-state index < -0.39 is 16.6 Å². The number of alkyl halides is 1. The predicted molar refractivity (Wildman–Crippen MR) is 78.4 cm³/mol. The van der Waals surface area contributed by atoms with Gasteiger partial charge >= 0.3 is 0 Å². The van der Waals surface area contributed by atoms with Gasteiger partial charge in [-0.25, -0.2) is 0 Å². The predicted octanol–water partition coefficient (Wildman–Crippen LogP) is 3.61. The number of amides is 1. The van der Waals surface area contributed by atoms with Gasteiger partial charge in [0.2, 0.25) is 4.87 Å². The molecule has 5 heteroatoms. The average Bonchev–Trinajstić information content (AvgIpc) is 2.47. The highest BCUT2D eigenvalue weighted by Crippen LogP contribution is 2.40. The summed E-state index contributed by atoms with van der Waals surface area (Å²) in [6.45, 7) is 0. The van der Waals surface area contributed by atoms with E-state index in [1.807, 2.05) is 0 Å². The second-order valence-corrected chi connectivity index (χ2v) is 5.50. The third kappa shape index (κ3) is 1.82. The summed E-state index contributed by atoms with van der Waals surface area (Å²) < 4.78 is 0. The van der Waals surface area contributed by atoms with Crippen molar-refractivity contribution in [3.8, 4) is 0 Å². The molecule has 1 aliphatic rings. The van der Waals surface area contributed by atoms with Gasteiger partial charge in [0.1, 0.15) is 0 Å². The summed E-state index contributed by atoms with van der Waals surface area (Å²) in [6, 6.07) is 13.3. The Bertz CT molecular complexity index is 715. The Morgan fingerprint density at radius 3 is 2.40 bits per heavy atom. The van der Waals surface area contributed by atoms with Crippen LogP contribution >= 0.6 is 23.2 Å². The molecule has 1 heterocycles. The summed E-state index contributed by atoms with van der Waals surface area (Å²) in [5, 5.41) is 3.07. The molecule has 2 aromatic carbocycles.